The van der Waals surface area contributed by atoms with Gasteiger partial charge in [0.2, 0.25) is 9.04 Å². The molecule has 1 rings (SSSR count). The van der Waals surface area contributed by atoms with E-state index in [-0.39, 0.29) is 16.2 Å². The second-order valence-corrected chi connectivity index (χ2v) is 12.1. The molecule has 3 heteroatoms. The molecule has 1 unspecified atom stereocenters. The highest BCUT2D eigenvalue weighted by Gasteiger charge is 2.40. The molecule has 0 saturated carbocycles. The summed E-state index contributed by atoms with van der Waals surface area (Å²) in [6, 6.07) is 8.19. The molecule has 1 aromatic rings. The van der Waals surface area contributed by atoms with E-state index in [0.29, 0.717) is 0 Å². The third-order valence-corrected chi connectivity index (χ3v) is 7.19. The summed E-state index contributed by atoms with van der Waals surface area (Å²) in [5.74, 6) is 2.83. The van der Waals surface area contributed by atoms with Crippen molar-refractivity contribution in [3.63, 3.8) is 0 Å². The van der Waals surface area contributed by atoms with Crippen molar-refractivity contribution in [2.45, 2.75) is 64.1 Å². The van der Waals surface area contributed by atoms with Gasteiger partial charge in [-0.25, -0.2) is 0 Å². The van der Waals surface area contributed by atoms with Gasteiger partial charge in [0.15, 0.2) is 0 Å². The molecule has 0 aromatic heterocycles. The lowest BCUT2D eigenvalue weighted by Gasteiger charge is -2.39. The normalized spacial score (nSPS) is 14.0. The fraction of sp³-hybridized carbons (Fsp3) is 0.556. The zero-order valence-corrected chi connectivity index (χ0v) is 16.5. The van der Waals surface area contributed by atoms with E-state index in [1.807, 2.05) is 18.2 Å². The van der Waals surface area contributed by atoms with Crippen molar-refractivity contribution in [2.24, 2.45) is 0 Å². The smallest absolute Gasteiger partial charge is 0.224 e. The molecule has 0 amide bonds. The standard InChI is InChI=1S/C18H26BrOSi/c1-8-15(13-14-11-9-10-12-16(14)19)20-21(17(2,3)4)18(5,6)7/h1,9-12,15H,13H2,2-7H3. The van der Waals surface area contributed by atoms with Crippen molar-refractivity contribution in [1.29, 1.82) is 0 Å². The summed E-state index contributed by atoms with van der Waals surface area (Å²) in [5.41, 5.74) is 1.20. The fourth-order valence-electron chi connectivity index (χ4n) is 2.62. The first-order chi connectivity index (χ1) is 9.55. The Labute approximate surface area is 140 Å². The predicted molar refractivity (Wildman–Crippen MR) is 96.7 cm³/mol. The largest absolute Gasteiger partial charge is 0.402 e. The first-order valence-electron chi connectivity index (χ1n) is 7.30. The zero-order chi connectivity index (χ0) is 16.3. The molecule has 0 aliphatic heterocycles. The Hall–Kier alpha value is -0.563. The predicted octanol–water partition coefficient (Wildman–Crippen LogP) is 5.60. The highest BCUT2D eigenvalue weighted by Crippen LogP contribution is 2.43. The van der Waals surface area contributed by atoms with Gasteiger partial charge in [0, 0.05) is 10.9 Å². The van der Waals surface area contributed by atoms with E-state index < -0.39 is 9.04 Å². The van der Waals surface area contributed by atoms with Gasteiger partial charge in [-0.05, 0) is 21.7 Å². The van der Waals surface area contributed by atoms with Crippen molar-refractivity contribution in [2.75, 3.05) is 0 Å². The lowest BCUT2D eigenvalue weighted by atomic mass is 10.1. The Morgan fingerprint density at radius 1 is 1.14 bits per heavy atom. The fourth-order valence-corrected chi connectivity index (χ4v) is 6.46. The molecule has 0 heterocycles. The maximum Gasteiger partial charge on any atom is 0.224 e. The van der Waals surface area contributed by atoms with E-state index in [2.05, 4.69) is 69.5 Å². The van der Waals surface area contributed by atoms with E-state index in [1.54, 1.807) is 0 Å². The van der Waals surface area contributed by atoms with E-state index in [9.17, 15) is 0 Å². The number of hydrogen-bond donors (Lipinski definition) is 0. The zero-order valence-electron chi connectivity index (χ0n) is 14.0. The number of rotatable bonds is 4. The molecule has 0 aliphatic carbocycles. The summed E-state index contributed by atoms with van der Waals surface area (Å²) in [6.45, 7) is 13.5. The Balaban J connectivity index is 2.91. The second-order valence-electron chi connectivity index (χ2n) is 7.40. The quantitative estimate of drug-likeness (QED) is 0.498. The van der Waals surface area contributed by atoms with E-state index in [1.165, 1.54) is 5.56 Å². The molecule has 115 valence electrons. The van der Waals surface area contributed by atoms with Gasteiger partial charge in [0.1, 0.15) is 6.10 Å². The number of halogens is 1. The van der Waals surface area contributed by atoms with Gasteiger partial charge in [-0.15, -0.1) is 6.42 Å². The molecule has 0 N–H and O–H groups in total. The van der Waals surface area contributed by atoms with Gasteiger partial charge in [-0.2, -0.15) is 0 Å². The summed E-state index contributed by atoms with van der Waals surface area (Å²) in [4.78, 5) is 0. The van der Waals surface area contributed by atoms with Crippen molar-refractivity contribution >= 4 is 25.0 Å². The third kappa shape index (κ3) is 5.62. The number of hydrogen-bond acceptors (Lipinski definition) is 1. The van der Waals surface area contributed by atoms with E-state index in [4.69, 9.17) is 10.8 Å². The molecule has 0 spiro atoms. The van der Waals surface area contributed by atoms with Crippen LogP contribution in [0.15, 0.2) is 28.7 Å². The van der Waals surface area contributed by atoms with Gasteiger partial charge in [0.25, 0.3) is 0 Å². The topological polar surface area (TPSA) is 9.23 Å². The van der Waals surface area contributed by atoms with E-state index >= 15 is 0 Å². The minimum absolute atomic E-state index is 0.145. The number of benzene rings is 1. The Morgan fingerprint density at radius 2 is 1.67 bits per heavy atom. The summed E-state index contributed by atoms with van der Waals surface area (Å²) >= 11 is 3.58. The molecule has 21 heavy (non-hydrogen) atoms. The Kier molecular flexibility index (Phi) is 6.28. The van der Waals surface area contributed by atoms with Crippen LogP contribution < -0.4 is 0 Å². The highest BCUT2D eigenvalue weighted by molar-refractivity contribution is 9.10. The Morgan fingerprint density at radius 3 is 2.10 bits per heavy atom. The van der Waals surface area contributed by atoms with Gasteiger partial charge in [0.05, 0.1) is 0 Å². The van der Waals surface area contributed by atoms with Gasteiger partial charge in [-0.3, -0.25) is 0 Å². The molecule has 1 aromatic carbocycles. The van der Waals surface area contributed by atoms with Crippen LogP contribution in [-0.4, -0.2) is 15.1 Å². The molecule has 0 bridgehead atoms. The monoisotopic (exact) mass is 365 g/mol. The molecular weight excluding hydrogens is 340 g/mol. The first-order valence-corrected chi connectivity index (χ1v) is 9.50. The maximum absolute atomic E-state index is 6.43. The summed E-state index contributed by atoms with van der Waals surface area (Å²) < 4.78 is 7.52. The van der Waals surface area contributed by atoms with Crippen LogP contribution in [0.25, 0.3) is 0 Å². The summed E-state index contributed by atoms with van der Waals surface area (Å²) in [6.07, 6.45) is 6.31. The lowest BCUT2D eigenvalue weighted by molar-refractivity contribution is 0.231. The van der Waals surface area contributed by atoms with E-state index in [0.717, 1.165) is 10.9 Å². The van der Waals surface area contributed by atoms with Crippen LogP contribution in [0.3, 0.4) is 0 Å². The molecule has 0 aliphatic rings. The Bertz CT molecular complexity index is 491. The minimum atomic E-state index is -1.08. The van der Waals surface area contributed by atoms with Gasteiger partial charge < -0.3 is 4.43 Å². The van der Waals surface area contributed by atoms with Gasteiger partial charge >= 0.3 is 0 Å². The van der Waals surface area contributed by atoms with Crippen LogP contribution in [0, 0.1) is 12.3 Å². The van der Waals surface area contributed by atoms with Gasteiger partial charge in [-0.1, -0.05) is 81.6 Å². The first kappa shape index (κ1) is 18.5. The SMILES string of the molecule is C#CC(Cc1ccccc1Br)O[Si](C(C)(C)C)C(C)(C)C. The number of terminal acetylenes is 1. The second kappa shape index (κ2) is 7.13. The average Bonchev–Trinajstić information content (AvgIpc) is 2.33. The van der Waals surface area contributed by atoms with Crippen molar-refractivity contribution in [3.05, 3.63) is 34.3 Å². The molecule has 1 nitrogen and oxygen atoms in total. The average molecular weight is 366 g/mol. The van der Waals surface area contributed by atoms with Crippen molar-refractivity contribution < 1.29 is 4.43 Å². The third-order valence-electron chi connectivity index (χ3n) is 3.17. The highest BCUT2D eigenvalue weighted by atomic mass is 79.9. The van der Waals surface area contributed by atoms with Crippen LogP contribution in [0.1, 0.15) is 47.1 Å². The van der Waals surface area contributed by atoms with Crippen molar-refractivity contribution in [3.8, 4) is 12.3 Å². The molecule has 0 fully saturated rings. The minimum Gasteiger partial charge on any atom is -0.402 e. The van der Waals surface area contributed by atoms with Crippen molar-refractivity contribution in [1.82, 2.24) is 0 Å². The molecular formula is C18H26BrOSi. The summed E-state index contributed by atoms with van der Waals surface area (Å²) in [5, 5.41) is 0.290. The van der Waals surface area contributed by atoms with Crippen LogP contribution in [0.5, 0.6) is 0 Å². The molecule has 1 radical (unpaired) electrons. The van der Waals surface area contributed by atoms with Crippen LogP contribution in [0.2, 0.25) is 10.1 Å². The lowest BCUT2D eigenvalue weighted by Crippen LogP contribution is -2.41. The summed E-state index contributed by atoms with van der Waals surface area (Å²) in [7, 11) is -1.08. The maximum atomic E-state index is 6.43. The van der Waals surface area contributed by atoms with Crippen LogP contribution >= 0.6 is 15.9 Å². The van der Waals surface area contributed by atoms with Crippen LogP contribution in [-0.2, 0) is 10.8 Å². The molecule has 1 atom stereocenters. The molecule has 0 saturated heterocycles. The van der Waals surface area contributed by atoms with Crippen LogP contribution in [0.4, 0.5) is 0 Å².